The van der Waals surface area contributed by atoms with Gasteiger partial charge in [0, 0.05) is 30.6 Å². The number of methoxy groups -OCH3 is 2. The second-order valence-corrected chi connectivity index (χ2v) is 10.3. The van der Waals surface area contributed by atoms with Crippen molar-refractivity contribution in [3.63, 3.8) is 0 Å². The first kappa shape index (κ1) is 29.8. The minimum absolute atomic E-state index is 0.00405. The Morgan fingerprint density at radius 1 is 1.09 bits per heavy atom. The number of nitrogens with zero attached hydrogens (tertiary/aromatic N) is 5. The highest BCUT2D eigenvalue weighted by atomic mass is 19.4. The molecule has 226 valence electrons. The van der Waals surface area contributed by atoms with Crippen LogP contribution in [0.1, 0.15) is 66.2 Å². The number of ether oxygens (including phenoxy) is 3. The lowest BCUT2D eigenvalue weighted by atomic mass is 9.93. The summed E-state index contributed by atoms with van der Waals surface area (Å²) in [5.74, 6) is -2.28. The van der Waals surface area contributed by atoms with Crippen LogP contribution in [0.2, 0.25) is 0 Å². The van der Waals surface area contributed by atoms with Gasteiger partial charge in [0.25, 0.3) is 0 Å². The number of aliphatic carboxylic acids is 1. The molecular formula is C29H28F3N5O6. The third kappa shape index (κ3) is 5.85. The fraction of sp³-hybridized carbons (Fsp3) is 0.414. The summed E-state index contributed by atoms with van der Waals surface area (Å²) in [7, 11) is 2.85. The van der Waals surface area contributed by atoms with Gasteiger partial charge in [-0.25, -0.2) is 0 Å². The van der Waals surface area contributed by atoms with E-state index < -0.39 is 30.2 Å². The van der Waals surface area contributed by atoms with E-state index >= 15 is 0 Å². The number of likely N-dealkylation sites (tertiary alicyclic amines) is 1. The number of carboxylic acid groups (broad SMARTS) is 1. The molecular weight excluding hydrogens is 571 g/mol. The van der Waals surface area contributed by atoms with Crippen molar-refractivity contribution in [2.75, 3.05) is 27.3 Å². The molecule has 2 aliphatic heterocycles. The number of amides is 1. The second-order valence-electron chi connectivity index (χ2n) is 10.3. The van der Waals surface area contributed by atoms with Crippen molar-refractivity contribution in [1.82, 2.24) is 19.7 Å². The minimum atomic E-state index is -4.90. The van der Waals surface area contributed by atoms with Crippen LogP contribution < -0.4 is 9.47 Å². The van der Waals surface area contributed by atoms with E-state index in [1.54, 1.807) is 23.1 Å². The second kappa shape index (κ2) is 11.9. The van der Waals surface area contributed by atoms with E-state index in [9.17, 15) is 28.0 Å². The lowest BCUT2D eigenvalue weighted by Crippen LogP contribution is -2.39. The zero-order valence-electron chi connectivity index (χ0n) is 23.3. The lowest BCUT2D eigenvalue weighted by molar-refractivity contribution is -0.146. The Balaban J connectivity index is 1.61. The van der Waals surface area contributed by atoms with Crippen LogP contribution in [0, 0.1) is 17.2 Å². The van der Waals surface area contributed by atoms with Crippen LogP contribution in [0.5, 0.6) is 11.5 Å². The molecule has 3 aromatic rings. The van der Waals surface area contributed by atoms with E-state index in [2.05, 4.69) is 10.2 Å². The summed E-state index contributed by atoms with van der Waals surface area (Å²) in [4.78, 5) is 26.2. The zero-order chi connectivity index (χ0) is 30.9. The van der Waals surface area contributed by atoms with Crippen molar-refractivity contribution in [1.29, 1.82) is 5.26 Å². The topological polar surface area (TPSA) is 140 Å². The molecule has 1 amide bonds. The van der Waals surface area contributed by atoms with Crippen LogP contribution in [0.25, 0.3) is 5.69 Å². The van der Waals surface area contributed by atoms with Gasteiger partial charge in [-0.1, -0.05) is 12.1 Å². The molecule has 2 aromatic carbocycles. The first-order chi connectivity index (χ1) is 20.5. The van der Waals surface area contributed by atoms with Gasteiger partial charge in [-0.15, -0.1) is 10.2 Å². The largest absolute Gasteiger partial charge is 0.493 e. The maximum Gasteiger partial charge on any atom is 0.452 e. The molecule has 3 heterocycles. The quantitative estimate of drug-likeness (QED) is 0.417. The number of hydrogen-bond donors (Lipinski definition) is 1. The minimum Gasteiger partial charge on any atom is -0.493 e. The third-order valence-electron chi connectivity index (χ3n) is 7.72. The van der Waals surface area contributed by atoms with Crippen LogP contribution in [0.4, 0.5) is 13.2 Å². The van der Waals surface area contributed by atoms with Gasteiger partial charge >= 0.3 is 12.1 Å². The number of fused-ring (bicyclic) bond motifs is 3. The highest BCUT2D eigenvalue weighted by molar-refractivity contribution is 5.77. The van der Waals surface area contributed by atoms with Gasteiger partial charge in [0.1, 0.15) is 12.2 Å². The summed E-state index contributed by atoms with van der Waals surface area (Å²) in [6.45, 7) is 0.617. The number of piperidine rings is 1. The van der Waals surface area contributed by atoms with Crippen molar-refractivity contribution in [2.45, 2.75) is 44.1 Å². The number of rotatable bonds is 7. The number of alkyl halides is 3. The Bertz CT molecular complexity index is 1580. The van der Waals surface area contributed by atoms with Crippen LogP contribution in [-0.4, -0.2) is 64.0 Å². The Labute approximate surface area is 244 Å². The molecule has 43 heavy (non-hydrogen) atoms. The Morgan fingerprint density at radius 3 is 2.47 bits per heavy atom. The fourth-order valence-electron chi connectivity index (χ4n) is 5.68. The summed E-state index contributed by atoms with van der Waals surface area (Å²) in [6.07, 6.45) is -6.66. The van der Waals surface area contributed by atoms with Gasteiger partial charge in [-0.05, 0) is 43.0 Å². The SMILES string of the molecule is COc1cccc([C@H]2O[C@H](CC(=O)N3CCC(CC(=O)O)CC3)c3nnc(C(F)(F)F)n3-c3ccc(C#N)cc32)c1OC. The molecule has 1 fully saturated rings. The van der Waals surface area contributed by atoms with Gasteiger partial charge < -0.3 is 24.2 Å². The number of hydrogen-bond acceptors (Lipinski definition) is 8. The highest BCUT2D eigenvalue weighted by Gasteiger charge is 2.44. The first-order valence-corrected chi connectivity index (χ1v) is 13.5. The van der Waals surface area contributed by atoms with Gasteiger partial charge in [0.15, 0.2) is 17.3 Å². The van der Waals surface area contributed by atoms with E-state index in [1.807, 2.05) is 6.07 Å². The monoisotopic (exact) mass is 599 g/mol. The fourth-order valence-corrected chi connectivity index (χ4v) is 5.68. The Hall–Kier alpha value is -4.64. The number of halogens is 3. The predicted octanol–water partition coefficient (Wildman–Crippen LogP) is 4.44. The van der Waals surface area contributed by atoms with Gasteiger partial charge in [-0.3, -0.25) is 14.2 Å². The van der Waals surface area contributed by atoms with Gasteiger partial charge in [0.2, 0.25) is 11.7 Å². The standard InChI is InChI=1S/C29H28F3N5O6/c1-41-21-5-3-4-18(26(21)42-2)25-19-12-17(15-33)6-7-20(19)37-27(34-35-28(37)29(30,31)32)22(43-25)14-23(38)36-10-8-16(9-11-36)13-24(39)40/h3-7,12,16,22,25H,8-11,13-14H2,1-2H3,(H,39,40)/t22-,25-/m1/s1. The molecule has 0 saturated carbocycles. The Morgan fingerprint density at radius 2 is 1.84 bits per heavy atom. The lowest BCUT2D eigenvalue weighted by Gasteiger charge is -2.32. The number of carboxylic acids is 1. The smallest absolute Gasteiger partial charge is 0.452 e. The van der Waals surface area contributed by atoms with Crippen molar-refractivity contribution < 1.29 is 42.1 Å². The van der Waals surface area contributed by atoms with E-state index in [1.165, 1.54) is 32.4 Å². The van der Waals surface area contributed by atoms with Crippen LogP contribution >= 0.6 is 0 Å². The maximum absolute atomic E-state index is 14.3. The van der Waals surface area contributed by atoms with E-state index in [-0.39, 0.29) is 53.1 Å². The number of carbonyl (C=O) groups is 2. The maximum atomic E-state index is 14.3. The normalized spacial score (nSPS) is 18.7. The van der Waals surface area contributed by atoms with E-state index in [0.29, 0.717) is 37.2 Å². The van der Waals surface area contributed by atoms with E-state index in [0.717, 1.165) is 4.57 Å². The molecule has 0 spiro atoms. The molecule has 0 radical (unpaired) electrons. The molecule has 1 N–H and O–H groups in total. The third-order valence-corrected chi connectivity index (χ3v) is 7.72. The van der Waals surface area contributed by atoms with Crippen LogP contribution in [-0.2, 0) is 20.5 Å². The molecule has 0 aliphatic carbocycles. The summed E-state index contributed by atoms with van der Waals surface area (Å²) < 4.78 is 61.2. The molecule has 1 aromatic heterocycles. The number of carbonyl (C=O) groups excluding carboxylic acids is 1. The number of para-hydroxylation sites is 1. The van der Waals surface area contributed by atoms with Crippen molar-refractivity contribution >= 4 is 11.9 Å². The van der Waals surface area contributed by atoms with E-state index in [4.69, 9.17) is 19.3 Å². The molecule has 1 saturated heterocycles. The molecule has 0 unspecified atom stereocenters. The van der Waals surface area contributed by atoms with Crippen LogP contribution in [0.15, 0.2) is 36.4 Å². The average molecular weight is 600 g/mol. The Kier molecular flexibility index (Phi) is 8.27. The number of aromatic nitrogens is 3. The van der Waals surface area contributed by atoms with Crippen molar-refractivity contribution in [2.24, 2.45) is 5.92 Å². The summed E-state index contributed by atoms with van der Waals surface area (Å²) in [5.41, 5.74) is 0.820. The number of nitriles is 1. The molecule has 11 nitrogen and oxygen atoms in total. The number of benzene rings is 2. The first-order valence-electron chi connectivity index (χ1n) is 13.5. The predicted molar refractivity (Wildman–Crippen MR) is 142 cm³/mol. The zero-order valence-corrected chi connectivity index (χ0v) is 23.3. The van der Waals surface area contributed by atoms with Gasteiger partial charge in [0.05, 0.1) is 38.0 Å². The molecule has 2 atom stereocenters. The summed E-state index contributed by atoms with van der Waals surface area (Å²) in [5, 5.41) is 26.0. The molecule has 2 aliphatic rings. The molecule has 14 heteroatoms. The summed E-state index contributed by atoms with van der Waals surface area (Å²) in [6, 6.07) is 11.2. The van der Waals surface area contributed by atoms with Gasteiger partial charge in [-0.2, -0.15) is 18.4 Å². The summed E-state index contributed by atoms with van der Waals surface area (Å²) >= 11 is 0. The highest BCUT2D eigenvalue weighted by Crippen LogP contribution is 2.47. The van der Waals surface area contributed by atoms with Crippen molar-refractivity contribution in [3.05, 3.63) is 64.7 Å². The van der Waals surface area contributed by atoms with Crippen LogP contribution in [0.3, 0.4) is 0 Å². The molecule has 5 rings (SSSR count). The molecule has 0 bridgehead atoms. The average Bonchev–Trinajstić information content (AvgIpc) is 3.39. The van der Waals surface area contributed by atoms with Crippen molar-refractivity contribution in [3.8, 4) is 23.3 Å².